The van der Waals surface area contributed by atoms with Crippen molar-refractivity contribution in [1.82, 2.24) is 8.16 Å². The zero-order chi connectivity index (χ0) is 11.7. The molecule has 1 aromatic rings. The highest BCUT2D eigenvalue weighted by atomic mass is 79.9. The van der Waals surface area contributed by atoms with E-state index in [1.165, 1.54) is 18.5 Å². The van der Waals surface area contributed by atoms with Crippen LogP contribution >= 0.6 is 16.1 Å². The SMILES string of the molecule is Cc1c(C(=O)CN)c(=O)n(Br)c(=O)n1C. The molecule has 0 amide bonds. The number of ketones is 1. The summed E-state index contributed by atoms with van der Waals surface area (Å²) in [7, 11) is 1.47. The molecule has 1 aromatic heterocycles. The number of carbonyl (C=O) groups is 1. The number of aromatic nitrogens is 2. The number of carbonyl (C=O) groups excluding carboxylic acids is 1. The van der Waals surface area contributed by atoms with E-state index in [4.69, 9.17) is 5.73 Å². The highest BCUT2D eigenvalue weighted by molar-refractivity contribution is 9.08. The second-order valence-corrected chi connectivity index (χ2v) is 3.72. The summed E-state index contributed by atoms with van der Waals surface area (Å²) >= 11 is 2.79. The van der Waals surface area contributed by atoms with Crippen molar-refractivity contribution in [2.75, 3.05) is 6.54 Å². The third kappa shape index (κ3) is 1.80. The maximum absolute atomic E-state index is 11.6. The third-order valence-electron chi connectivity index (χ3n) is 2.18. The largest absolute Gasteiger partial charge is 0.341 e. The summed E-state index contributed by atoms with van der Waals surface area (Å²) in [5, 5.41) is 0. The van der Waals surface area contributed by atoms with Crippen molar-refractivity contribution in [3.05, 3.63) is 32.1 Å². The Bertz CT molecular complexity index is 529. The monoisotopic (exact) mass is 275 g/mol. The van der Waals surface area contributed by atoms with Crippen LogP contribution in [0.4, 0.5) is 0 Å². The minimum atomic E-state index is -0.675. The first-order valence-electron chi connectivity index (χ1n) is 4.13. The van der Waals surface area contributed by atoms with Gasteiger partial charge in [-0.3, -0.25) is 14.2 Å². The van der Waals surface area contributed by atoms with Crippen molar-refractivity contribution in [3.8, 4) is 0 Å². The van der Waals surface area contributed by atoms with Crippen LogP contribution < -0.4 is 17.0 Å². The molecule has 1 heterocycles. The van der Waals surface area contributed by atoms with Gasteiger partial charge in [0.25, 0.3) is 5.56 Å². The van der Waals surface area contributed by atoms with Crippen LogP contribution in [0.1, 0.15) is 16.1 Å². The van der Waals surface area contributed by atoms with Gasteiger partial charge in [-0.05, 0) is 6.92 Å². The van der Waals surface area contributed by atoms with Crippen LogP contribution in [-0.4, -0.2) is 20.5 Å². The van der Waals surface area contributed by atoms with Gasteiger partial charge in [0.1, 0.15) is 5.56 Å². The predicted octanol–water partition coefficient (Wildman–Crippen LogP) is -0.845. The maximum atomic E-state index is 11.6. The van der Waals surface area contributed by atoms with Gasteiger partial charge in [-0.25, -0.2) is 4.79 Å². The molecule has 0 aromatic carbocycles. The van der Waals surface area contributed by atoms with E-state index >= 15 is 0 Å². The van der Waals surface area contributed by atoms with Gasteiger partial charge in [0.05, 0.1) is 22.7 Å². The van der Waals surface area contributed by atoms with E-state index in [-0.39, 0.29) is 12.1 Å². The van der Waals surface area contributed by atoms with E-state index in [1.54, 1.807) is 0 Å². The highest BCUT2D eigenvalue weighted by Gasteiger charge is 2.18. The van der Waals surface area contributed by atoms with E-state index in [9.17, 15) is 14.4 Å². The molecule has 0 unspecified atom stereocenters. The summed E-state index contributed by atoms with van der Waals surface area (Å²) in [6, 6.07) is 0. The lowest BCUT2D eigenvalue weighted by atomic mass is 10.1. The molecule has 0 radical (unpaired) electrons. The Morgan fingerprint density at radius 1 is 1.47 bits per heavy atom. The van der Waals surface area contributed by atoms with E-state index in [2.05, 4.69) is 16.1 Å². The lowest BCUT2D eigenvalue weighted by Gasteiger charge is -2.08. The molecule has 0 aliphatic heterocycles. The van der Waals surface area contributed by atoms with Gasteiger partial charge < -0.3 is 5.73 Å². The number of nitrogens with zero attached hydrogens (tertiary/aromatic N) is 2. The smallest absolute Gasteiger partial charge is 0.324 e. The Labute approximate surface area is 93.7 Å². The van der Waals surface area contributed by atoms with Crippen LogP contribution in [0.25, 0.3) is 0 Å². The first-order valence-corrected chi connectivity index (χ1v) is 4.84. The molecule has 0 atom stereocenters. The van der Waals surface area contributed by atoms with Crippen LogP contribution in [-0.2, 0) is 7.05 Å². The van der Waals surface area contributed by atoms with E-state index in [1.807, 2.05) is 0 Å². The van der Waals surface area contributed by atoms with Crippen molar-refractivity contribution in [1.29, 1.82) is 0 Å². The second kappa shape index (κ2) is 4.11. The summed E-state index contributed by atoms with van der Waals surface area (Å²) in [6.07, 6.45) is 0. The summed E-state index contributed by atoms with van der Waals surface area (Å²) in [5.74, 6) is -0.485. The molecule has 15 heavy (non-hydrogen) atoms. The minimum Gasteiger partial charge on any atom is -0.324 e. The molecule has 0 saturated heterocycles. The van der Waals surface area contributed by atoms with Crippen LogP contribution in [0.2, 0.25) is 0 Å². The number of nitrogens with two attached hydrogens (primary N) is 1. The standard InChI is InChI=1S/C8H10BrN3O3/c1-4-6(5(13)3-10)7(14)12(9)8(15)11(4)2/h3,10H2,1-2H3. The molecular weight excluding hydrogens is 266 g/mol. The Hall–Kier alpha value is -1.21. The van der Waals surface area contributed by atoms with Gasteiger partial charge in [-0.2, -0.15) is 3.59 Å². The van der Waals surface area contributed by atoms with Gasteiger partial charge in [0, 0.05) is 12.7 Å². The van der Waals surface area contributed by atoms with Gasteiger partial charge in [0.15, 0.2) is 5.78 Å². The summed E-state index contributed by atoms with van der Waals surface area (Å²) in [4.78, 5) is 34.4. The van der Waals surface area contributed by atoms with E-state index in [0.29, 0.717) is 9.29 Å². The fourth-order valence-electron chi connectivity index (χ4n) is 1.21. The molecule has 82 valence electrons. The lowest BCUT2D eigenvalue weighted by Crippen LogP contribution is -2.40. The number of rotatable bonds is 2. The van der Waals surface area contributed by atoms with Crippen molar-refractivity contribution in [2.24, 2.45) is 12.8 Å². The fourth-order valence-corrected chi connectivity index (χ4v) is 1.62. The zero-order valence-corrected chi connectivity index (χ0v) is 9.87. The minimum absolute atomic E-state index is 0.0588. The zero-order valence-electron chi connectivity index (χ0n) is 8.28. The molecule has 1 rings (SSSR count). The Kier molecular flexibility index (Phi) is 3.25. The van der Waals surface area contributed by atoms with Crippen molar-refractivity contribution in [3.63, 3.8) is 0 Å². The molecular formula is C8H10BrN3O3. The number of Topliss-reactive ketones (excluding diaryl/α,β-unsaturated/α-hetero) is 1. The summed E-state index contributed by atoms with van der Waals surface area (Å²) in [5.41, 5.74) is 4.23. The van der Waals surface area contributed by atoms with Crippen LogP contribution in [0, 0.1) is 6.92 Å². The molecule has 0 bridgehead atoms. The average Bonchev–Trinajstić information content (AvgIpc) is 2.23. The molecule has 0 fully saturated rings. The maximum Gasteiger partial charge on any atom is 0.341 e. The van der Waals surface area contributed by atoms with Gasteiger partial charge in [-0.15, -0.1) is 0 Å². The third-order valence-corrected chi connectivity index (χ3v) is 2.80. The molecule has 6 nitrogen and oxygen atoms in total. The molecule has 0 saturated carbocycles. The molecule has 0 aliphatic rings. The highest BCUT2D eigenvalue weighted by Crippen LogP contribution is 2.00. The van der Waals surface area contributed by atoms with Crippen LogP contribution in [0.15, 0.2) is 9.59 Å². The Morgan fingerprint density at radius 2 is 2.00 bits per heavy atom. The number of halogens is 1. The van der Waals surface area contributed by atoms with E-state index < -0.39 is 17.0 Å². The lowest BCUT2D eigenvalue weighted by molar-refractivity contribution is 0.0998. The van der Waals surface area contributed by atoms with Gasteiger partial charge in [-0.1, -0.05) is 0 Å². The number of hydrogen-bond acceptors (Lipinski definition) is 4. The van der Waals surface area contributed by atoms with Crippen molar-refractivity contribution in [2.45, 2.75) is 6.92 Å². The van der Waals surface area contributed by atoms with Gasteiger partial charge >= 0.3 is 5.69 Å². The Morgan fingerprint density at radius 3 is 2.47 bits per heavy atom. The predicted molar refractivity (Wildman–Crippen MR) is 58.4 cm³/mol. The quantitative estimate of drug-likeness (QED) is 0.713. The van der Waals surface area contributed by atoms with Crippen LogP contribution in [0.3, 0.4) is 0 Å². The normalized spacial score (nSPS) is 10.4. The summed E-state index contributed by atoms with van der Waals surface area (Å²) < 4.78 is 1.92. The molecule has 0 spiro atoms. The summed E-state index contributed by atoms with van der Waals surface area (Å²) in [6.45, 7) is 1.26. The Balaban J connectivity index is 3.76. The topological polar surface area (TPSA) is 87.1 Å². The molecule has 7 heteroatoms. The van der Waals surface area contributed by atoms with Crippen molar-refractivity contribution >= 4 is 21.9 Å². The first kappa shape index (κ1) is 11.9. The second-order valence-electron chi connectivity index (χ2n) is 3.02. The average molecular weight is 276 g/mol. The van der Waals surface area contributed by atoms with Crippen molar-refractivity contribution < 1.29 is 4.79 Å². The molecule has 2 N–H and O–H groups in total. The number of hydrogen-bond donors (Lipinski definition) is 1. The van der Waals surface area contributed by atoms with Crippen LogP contribution in [0.5, 0.6) is 0 Å². The first-order chi connectivity index (χ1) is 6.91. The van der Waals surface area contributed by atoms with E-state index in [0.717, 1.165) is 0 Å². The van der Waals surface area contributed by atoms with Gasteiger partial charge in [0.2, 0.25) is 0 Å². The fraction of sp³-hybridized carbons (Fsp3) is 0.375. The molecule has 0 aliphatic carbocycles.